The van der Waals surface area contributed by atoms with Gasteiger partial charge in [-0.1, -0.05) is 54.9 Å². The Kier molecular flexibility index (Phi) is 15.2. The summed E-state index contributed by atoms with van der Waals surface area (Å²) in [6.07, 6.45) is 8.17. The van der Waals surface area contributed by atoms with Gasteiger partial charge in [0, 0.05) is 61.7 Å². The Balaban J connectivity index is 1.57. The molecule has 1 aliphatic rings. The van der Waals surface area contributed by atoms with Gasteiger partial charge in [-0.15, -0.1) is 0 Å². The van der Waals surface area contributed by atoms with Crippen LogP contribution in [0.3, 0.4) is 0 Å². The molecule has 0 saturated carbocycles. The van der Waals surface area contributed by atoms with Crippen LogP contribution in [0.1, 0.15) is 41.2 Å². The summed E-state index contributed by atoms with van der Waals surface area (Å²) in [5.41, 5.74) is 4.38. The number of aliphatic hydroxyl groups excluding tert-OH is 4. The zero-order valence-corrected chi connectivity index (χ0v) is 29.3. The van der Waals surface area contributed by atoms with Crippen molar-refractivity contribution in [1.82, 2.24) is 15.6 Å². The molecule has 1 heterocycles. The highest BCUT2D eigenvalue weighted by Crippen LogP contribution is 2.41. The molecule has 0 aliphatic heterocycles. The van der Waals surface area contributed by atoms with Crippen LogP contribution in [0.25, 0.3) is 5.57 Å². The lowest BCUT2D eigenvalue weighted by Gasteiger charge is -2.40. The second kappa shape index (κ2) is 19.5. The number of nitriles is 1. The average Bonchev–Trinajstić information content (AvgIpc) is 3.13. The van der Waals surface area contributed by atoms with Crippen LogP contribution in [-0.4, -0.2) is 89.3 Å². The number of allylic oxidation sites excluding steroid dienone is 2. The summed E-state index contributed by atoms with van der Waals surface area (Å²) in [5.74, 6) is 0.769. The van der Waals surface area contributed by atoms with Crippen LogP contribution in [0.5, 0.6) is 11.5 Å². The van der Waals surface area contributed by atoms with Crippen molar-refractivity contribution in [3.63, 3.8) is 0 Å². The third kappa shape index (κ3) is 10.8. The molecule has 0 saturated heterocycles. The molecule has 50 heavy (non-hydrogen) atoms. The molecule has 0 bridgehead atoms. The summed E-state index contributed by atoms with van der Waals surface area (Å²) in [5, 5.41) is 53.7. The van der Waals surface area contributed by atoms with Gasteiger partial charge in [0.15, 0.2) is 0 Å². The molecule has 4 unspecified atom stereocenters. The van der Waals surface area contributed by atoms with Gasteiger partial charge < -0.3 is 45.3 Å². The van der Waals surface area contributed by atoms with E-state index in [2.05, 4.69) is 53.7 Å². The first-order chi connectivity index (χ1) is 24.2. The highest BCUT2D eigenvalue weighted by Gasteiger charge is 2.40. The van der Waals surface area contributed by atoms with E-state index in [9.17, 15) is 20.6 Å². The molecule has 3 aromatic rings. The predicted octanol–water partition coefficient (Wildman–Crippen LogP) is 3.69. The number of rotatable bonds is 20. The number of hydrogen-bond acceptors (Lipinski definition) is 11. The van der Waals surface area contributed by atoms with Gasteiger partial charge in [-0.05, 0) is 54.8 Å². The van der Waals surface area contributed by atoms with Crippen LogP contribution in [0, 0.1) is 24.2 Å². The molecular formula is C38H47ClN4O7. The van der Waals surface area contributed by atoms with E-state index in [1.54, 1.807) is 24.4 Å². The van der Waals surface area contributed by atoms with E-state index < -0.39 is 17.8 Å². The van der Waals surface area contributed by atoms with Gasteiger partial charge in [-0.25, -0.2) is 0 Å². The van der Waals surface area contributed by atoms with E-state index in [1.165, 1.54) is 6.20 Å². The maximum absolute atomic E-state index is 9.82. The lowest BCUT2D eigenvalue weighted by molar-refractivity contribution is -0.0603. The maximum Gasteiger partial charge on any atom is 0.141 e. The number of halogens is 1. The molecule has 268 valence electrons. The van der Waals surface area contributed by atoms with E-state index in [1.807, 2.05) is 24.3 Å². The molecule has 0 amide bonds. The largest absolute Gasteiger partial charge is 0.489 e. The molecule has 0 spiro atoms. The number of aromatic nitrogens is 1. The van der Waals surface area contributed by atoms with Gasteiger partial charge in [0.1, 0.15) is 36.4 Å². The molecule has 12 heteroatoms. The van der Waals surface area contributed by atoms with E-state index in [0.717, 1.165) is 16.7 Å². The number of aliphatic hydroxyl groups is 4. The highest BCUT2D eigenvalue weighted by atomic mass is 35.5. The van der Waals surface area contributed by atoms with Crippen molar-refractivity contribution in [3.8, 4) is 17.6 Å². The van der Waals surface area contributed by atoms with Crippen LogP contribution in [0.15, 0.2) is 73.1 Å². The summed E-state index contributed by atoms with van der Waals surface area (Å²) in [4.78, 5) is 4.12. The fraction of sp³-hybridized carbons (Fsp3) is 0.421. The van der Waals surface area contributed by atoms with Crippen molar-refractivity contribution in [2.45, 2.75) is 51.2 Å². The molecule has 11 nitrogen and oxygen atoms in total. The zero-order valence-electron chi connectivity index (χ0n) is 28.5. The molecule has 6 N–H and O–H groups in total. The molecule has 1 aromatic heterocycles. The second-order valence-electron chi connectivity index (χ2n) is 12.3. The smallest absolute Gasteiger partial charge is 0.141 e. The van der Waals surface area contributed by atoms with Crippen LogP contribution in [-0.2, 0) is 17.9 Å². The number of ether oxygens (including phenoxy) is 3. The van der Waals surface area contributed by atoms with E-state index in [-0.39, 0.29) is 45.4 Å². The van der Waals surface area contributed by atoms with E-state index >= 15 is 0 Å². The van der Waals surface area contributed by atoms with Gasteiger partial charge in [0.05, 0.1) is 36.0 Å². The van der Waals surface area contributed by atoms with Gasteiger partial charge in [0.25, 0.3) is 0 Å². The number of hydrogen-bond donors (Lipinski definition) is 6. The first-order valence-corrected chi connectivity index (χ1v) is 17.1. The summed E-state index contributed by atoms with van der Waals surface area (Å²) in [7, 11) is 0. The Labute approximate surface area is 298 Å². The Bertz CT molecular complexity index is 1650. The van der Waals surface area contributed by atoms with Crippen molar-refractivity contribution in [2.75, 3.05) is 46.1 Å². The topological polar surface area (TPSA) is 169 Å². The Morgan fingerprint density at radius 1 is 1.02 bits per heavy atom. The maximum atomic E-state index is 9.82. The van der Waals surface area contributed by atoms with E-state index in [4.69, 9.17) is 30.9 Å². The zero-order chi connectivity index (χ0) is 35.9. The third-order valence-electron chi connectivity index (χ3n) is 8.56. The number of pyridine rings is 1. The van der Waals surface area contributed by atoms with Crippen molar-refractivity contribution in [3.05, 3.63) is 106 Å². The minimum absolute atomic E-state index is 0.103. The molecule has 1 aliphatic carbocycles. The van der Waals surface area contributed by atoms with Gasteiger partial charge in [-0.3, -0.25) is 4.98 Å². The lowest BCUT2D eigenvalue weighted by Crippen LogP contribution is -2.45. The van der Waals surface area contributed by atoms with E-state index in [0.29, 0.717) is 59.3 Å². The monoisotopic (exact) mass is 706 g/mol. The SMILES string of the molecule is Cc1ccccc1C1=CC=CC(COc2cc(OCc3cncc(C#N)c3)c(CNCC(O)CO)cc2Cl)(OCCCNCC(O)CO)C1C. The molecule has 2 aromatic carbocycles. The van der Waals surface area contributed by atoms with Crippen LogP contribution in [0.4, 0.5) is 0 Å². The first kappa shape index (κ1) is 39.0. The molecule has 0 fully saturated rings. The van der Waals surface area contributed by atoms with Crippen molar-refractivity contribution in [2.24, 2.45) is 5.92 Å². The lowest BCUT2D eigenvalue weighted by atomic mass is 9.76. The van der Waals surface area contributed by atoms with Gasteiger partial charge in [-0.2, -0.15) is 5.26 Å². The summed E-state index contributed by atoms with van der Waals surface area (Å²) in [6, 6.07) is 15.5. The minimum Gasteiger partial charge on any atom is -0.489 e. The normalized spacial score (nSPS) is 18.3. The number of nitrogens with zero attached hydrogens (tertiary/aromatic N) is 2. The van der Waals surface area contributed by atoms with Gasteiger partial charge >= 0.3 is 0 Å². The van der Waals surface area contributed by atoms with Gasteiger partial charge in [0.2, 0.25) is 0 Å². The van der Waals surface area contributed by atoms with Crippen molar-refractivity contribution < 1.29 is 34.6 Å². The van der Waals surface area contributed by atoms with Crippen LogP contribution >= 0.6 is 11.6 Å². The Morgan fingerprint density at radius 2 is 1.78 bits per heavy atom. The minimum atomic E-state index is -0.916. The number of benzene rings is 2. The summed E-state index contributed by atoms with van der Waals surface area (Å²) >= 11 is 6.81. The van der Waals surface area contributed by atoms with Crippen LogP contribution < -0.4 is 20.1 Å². The molecule has 0 radical (unpaired) electrons. The van der Waals surface area contributed by atoms with Crippen LogP contribution in [0.2, 0.25) is 5.02 Å². The summed E-state index contributed by atoms with van der Waals surface area (Å²) in [6.45, 7) is 5.56. The molecule has 4 rings (SSSR count). The second-order valence-corrected chi connectivity index (χ2v) is 12.8. The Morgan fingerprint density at radius 3 is 2.52 bits per heavy atom. The predicted molar refractivity (Wildman–Crippen MR) is 192 cm³/mol. The highest BCUT2D eigenvalue weighted by molar-refractivity contribution is 6.32. The molecular weight excluding hydrogens is 660 g/mol. The number of aryl methyl sites for hydroxylation is 1. The number of nitrogens with one attached hydrogen (secondary N) is 2. The quantitative estimate of drug-likeness (QED) is 0.0948. The fourth-order valence-electron chi connectivity index (χ4n) is 5.64. The first-order valence-electron chi connectivity index (χ1n) is 16.7. The molecule has 4 atom stereocenters. The fourth-order valence-corrected chi connectivity index (χ4v) is 5.88. The average molecular weight is 707 g/mol. The Hall–Kier alpha value is -3.83. The summed E-state index contributed by atoms with van der Waals surface area (Å²) < 4.78 is 19.4. The standard InChI is InChI=1S/C38H47ClN4O7/c1-26-7-3-4-8-33(26)34-9-5-10-38(27(34)2,50-12-6-11-41-20-31(46)22-44)25-49-37-15-36(48-24-29-13-28(16-40)17-42-18-29)30(14-35(37)39)19-43-21-32(47)23-45/h3-5,7-10,13-15,17-18,27,31-32,41,43-47H,6,11-12,19-25H2,1-2H3. The van der Waals surface area contributed by atoms with Crippen molar-refractivity contribution >= 4 is 17.2 Å². The third-order valence-corrected chi connectivity index (χ3v) is 8.86. The van der Waals surface area contributed by atoms with Crippen molar-refractivity contribution in [1.29, 1.82) is 5.26 Å².